The van der Waals surface area contributed by atoms with Crippen molar-refractivity contribution in [3.05, 3.63) is 22.4 Å². The molecule has 0 saturated heterocycles. The first-order valence-corrected chi connectivity index (χ1v) is 5.85. The molecule has 0 fully saturated rings. The van der Waals surface area contributed by atoms with Crippen molar-refractivity contribution >= 4 is 17.4 Å². The predicted octanol–water partition coefficient (Wildman–Crippen LogP) is 1.49. The van der Waals surface area contributed by atoms with Crippen molar-refractivity contribution in [3.8, 4) is 0 Å². The quantitative estimate of drug-likeness (QED) is 0.715. The third kappa shape index (κ3) is 4.31. The summed E-state index contributed by atoms with van der Waals surface area (Å²) in [5, 5.41) is 16.9. The standard InChI is InChI=1S/C10H16N2O2S/c1-2-11-10(14)12-6-5-8(13)9-4-3-7-15-9/h3-4,7-8,13H,2,5-6H2,1H3,(H2,11,12,14). The molecule has 5 heteroatoms. The molecule has 0 aromatic carbocycles. The van der Waals surface area contributed by atoms with Gasteiger partial charge in [0.2, 0.25) is 0 Å². The summed E-state index contributed by atoms with van der Waals surface area (Å²) >= 11 is 1.52. The number of amides is 2. The number of hydrogen-bond acceptors (Lipinski definition) is 3. The van der Waals surface area contributed by atoms with Gasteiger partial charge < -0.3 is 15.7 Å². The van der Waals surface area contributed by atoms with Gasteiger partial charge in [-0.05, 0) is 24.8 Å². The molecule has 0 aliphatic rings. The van der Waals surface area contributed by atoms with Crippen LogP contribution in [0.1, 0.15) is 24.3 Å². The smallest absolute Gasteiger partial charge is 0.314 e. The fourth-order valence-electron chi connectivity index (χ4n) is 1.17. The van der Waals surface area contributed by atoms with E-state index in [2.05, 4.69) is 10.6 Å². The highest BCUT2D eigenvalue weighted by atomic mass is 32.1. The summed E-state index contributed by atoms with van der Waals surface area (Å²) in [4.78, 5) is 11.9. The van der Waals surface area contributed by atoms with Crippen molar-refractivity contribution < 1.29 is 9.90 Å². The molecule has 1 aromatic rings. The van der Waals surface area contributed by atoms with Crippen molar-refractivity contribution in [3.63, 3.8) is 0 Å². The molecule has 1 atom stereocenters. The van der Waals surface area contributed by atoms with Crippen LogP contribution in [0.25, 0.3) is 0 Å². The van der Waals surface area contributed by atoms with Crippen LogP contribution < -0.4 is 10.6 Å². The second-order valence-electron chi connectivity index (χ2n) is 3.11. The zero-order chi connectivity index (χ0) is 11.1. The van der Waals surface area contributed by atoms with Gasteiger partial charge in [-0.2, -0.15) is 0 Å². The van der Waals surface area contributed by atoms with E-state index in [0.717, 1.165) is 4.88 Å². The van der Waals surface area contributed by atoms with Crippen molar-refractivity contribution in [1.29, 1.82) is 0 Å². The van der Waals surface area contributed by atoms with E-state index < -0.39 is 6.10 Å². The molecular formula is C10H16N2O2S. The Bertz CT molecular complexity index is 288. The van der Waals surface area contributed by atoms with Crippen LogP contribution in [0.4, 0.5) is 4.79 Å². The summed E-state index contributed by atoms with van der Waals surface area (Å²) in [5.41, 5.74) is 0. The number of nitrogens with one attached hydrogen (secondary N) is 2. The molecule has 4 nitrogen and oxygen atoms in total. The second kappa shape index (κ2) is 6.42. The fraction of sp³-hybridized carbons (Fsp3) is 0.500. The number of urea groups is 1. The van der Waals surface area contributed by atoms with Crippen LogP contribution in [-0.2, 0) is 0 Å². The number of rotatable bonds is 5. The SMILES string of the molecule is CCNC(=O)NCCC(O)c1cccs1. The number of carbonyl (C=O) groups is 1. The lowest BCUT2D eigenvalue weighted by molar-refractivity contribution is 0.170. The second-order valence-corrected chi connectivity index (χ2v) is 4.09. The molecule has 1 unspecified atom stereocenters. The molecule has 0 radical (unpaired) electrons. The van der Waals surface area contributed by atoms with E-state index in [-0.39, 0.29) is 6.03 Å². The van der Waals surface area contributed by atoms with Gasteiger partial charge >= 0.3 is 6.03 Å². The minimum atomic E-state index is -0.480. The molecule has 0 spiro atoms. The van der Waals surface area contributed by atoms with Crippen LogP contribution in [0.5, 0.6) is 0 Å². The van der Waals surface area contributed by atoms with E-state index in [1.54, 1.807) is 0 Å². The highest BCUT2D eigenvalue weighted by molar-refractivity contribution is 7.10. The zero-order valence-corrected chi connectivity index (χ0v) is 9.51. The van der Waals surface area contributed by atoms with Crippen LogP contribution in [0.15, 0.2) is 17.5 Å². The van der Waals surface area contributed by atoms with Crippen molar-refractivity contribution in [2.75, 3.05) is 13.1 Å². The van der Waals surface area contributed by atoms with Crippen LogP contribution in [0.2, 0.25) is 0 Å². The fourth-order valence-corrected chi connectivity index (χ4v) is 1.91. The molecule has 1 aromatic heterocycles. The molecule has 84 valence electrons. The van der Waals surface area contributed by atoms with E-state index >= 15 is 0 Å². The first-order valence-electron chi connectivity index (χ1n) is 4.97. The molecule has 15 heavy (non-hydrogen) atoms. The third-order valence-corrected chi connectivity index (χ3v) is 2.89. The van der Waals surface area contributed by atoms with Gasteiger partial charge in [-0.25, -0.2) is 4.79 Å². The summed E-state index contributed by atoms with van der Waals surface area (Å²) in [5.74, 6) is 0. The largest absolute Gasteiger partial charge is 0.388 e. The van der Waals surface area contributed by atoms with Gasteiger partial charge in [-0.1, -0.05) is 6.07 Å². The van der Waals surface area contributed by atoms with E-state index in [1.165, 1.54) is 11.3 Å². The monoisotopic (exact) mass is 228 g/mol. The van der Waals surface area contributed by atoms with E-state index in [9.17, 15) is 9.90 Å². The number of aliphatic hydroxyl groups excluding tert-OH is 1. The number of thiophene rings is 1. The molecule has 2 amide bonds. The molecule has 0 aliphatic carbocycles. The Hall–Kier alpha value is -1.07. The van der Waals surface area contributed by atoms with Gasteiger partial charge in [0.05, 0.1) is 6.10 Å². The normalized spacial score (nSPS) is 12.1. The maximum Gasteiger partial charge on any atom is 0.314 e. The highest BCUT2D eigenvalue weighted by Gasteiger charge is 2.08. The van der Waals surface area contributed by atoms with E-state index in [4.69, 9.17) is 0 Å². The number of aliphatic hydroxyl groups is 1. The summed E-state index contributed by atoms with van der Waals surface area (Å²) in [6.07, 6.45) is 0.0596. The summed E-state index contributed by atoms with van der Waals surface area (Å²) < 4.78 is 0. The van der Waals surface area contributed by atoms with Crippen LogP contribution >= 0.6 is 11.3 Å². The highest BCUT2D eigenvalue weighted by Crippen LogP contribution is 2.20. The van der Waals surface area contributed by atoms with Gasteiger partial charge in [-0.3, -0.25) is 0 Å². The molecular weight excluding hydrogens is 212 g/mol. The van der Waals surface area contributed by atoms with Crippen molar-refractivity contribution in [2.45, 2.75) is 19.4 Å². The van der Waals surface area contributed by atoms with Crippen molar-refractivity contribution in [2.24, 2.45) is 0 Å². The molecule has 0 saturated carbocycles. The van der Waals surface area contributed by atoms with Crippen molar-refractivity contribution in [1.82, 2.24) is 10.6 Å². The van der Waals surface area contributed by atoms with Gasteiger partial charge in [0.15, 0.2) is 0 Å². The average molecular weight is 228 g/mol. The summed E-state index contributed by atoms with van der Waals surface area (Å²) in [7, 11) is 0. The topological polar surface area (TPSA) is 61.4 Å². The Morgan fingerprint density at radius 3 is 3.00 bits per heavy atom. The lowest BCUT2D eigenvalue weighted by Gasteiger charge is -2.09. The Morgan fingerprint density at radius 1 is 1.60 bits per heavy atom. The number of carbonyl (C=O) groups excluding carboxylic acids is 1. The first kappa shape index (κ1) is 12.0. The molecule has 0 aliphatic heterocycles. The maximum absolute atomic E-state index is 11.0. The summed E-state index contributed by atoms with van der Waals surface area (Å²) in [6, 6.07) is 3.61. The van der Waals surface area contributed by atoms with Crippen LogP contribution in [-0.4, -0.2) is 24.2 Å². The molecule has 3 N–H and O–H groups in total. The number of hydrogen-bond donors (Lipinski definition) is 3. The van der Waals surface area contributed by atoms with Crippen LogP contribution in [0.3, 0.4) is 0 Å². The van der Waals surface area contributed by atoms with Gasteiger partial charge in [-0.15, -0.1) is 11.3 Å². The minimum Gasteiger partial charge on any atom is -0.388 e. The zero-order valence-electron chi connectivity index (χ0n) is 8.69. The lowest BCUT2D eigenvalue weighted by atomic mass is 10.2. The Morgan fingerprint density at radius 2 is 2.40 bits per heavy atom. The molecule has 1 rings (SSSR count). The first-order chi connectivity index (χ1) is 7.24. The predicted molar refractivity (Wildman–Crippen MR) is 61.0 cm³/mol. The maximum atomic E-state index is 11.0. The lowest BCUT2D eigenvalue weighted by Crippen LogP contribution is -2.36. The molecule has 1 heterocycles. The Balaban J connectivity index is 2.18. The molecule has 0 bridgehead atoms. The van der Waals surface area contributed by atoms with E-state index in [1.807, 2.05) is 24.4 Å². The Kier molecular flexibility index (Phi) is 5.14. The Labute approximate surface area is 93.3 Å². The van der Waals surface area contributed by atoms with E-state index in [0.29, 0.717) is 19.5 Å². The third-order valence-electron chi connectivity index (χ3n) is 1.91. The van der Waals surface area contributed by atoms with Gasteiger partial charge in [0, 0.05) is 18.0 Å². The average Bonchev–Trinajstić information content (AvgIpc) is 2.70. The van der Waals surface area contributed by atoms with Gasteiger partial charge in [0.25, 0.3) is 0 Å². The minimum absolute atomic E-state index is 0.184. The van der Waals surface area contributed by atoms with Gasteiger partial charge in [0.1, 0.15) is 0 Å². The summed E-state index contributed by atoms with van der Waals surface area (Å²) in [6.45, 7) is 2.95. The van der Waals surface area contributed by atoms with Crippen LogP contribution in [0, 0.1) is 0 Å².